The normalized spacial score (nSPS) is 10.7. The predicted molar refractivity (Wildman–Crippen MR) is 93.3 cm³/mol. The summed E-state index contributed by atoms with van der Waals surface area (Å²) >= 11 is 0. The number of para-hydroxylation sites is 1. The van der Waals surface area contributed by atoms with Crippen molar-refractivity contribution in [2.24, 2.45) is 0 Å². The quantitative estimate of drug-likeness (QED) is 0.649. The molecular weight excluding hydrogens is 339 g/mol. The number of hydrogen-bond donors (Lipinski definition) is 1. The van der Waals surface area contributed by atoms with Gasteiger partial charge in [0, 0.05) is 6.54 Å². The number of nitrogens with zero attached hydrogens (tertiary/aromatic N) is 3. The Morgan fingerprint density at radius 1 is 1.15 bits per heavy atom. The van der Waals surface area contributed by atoms with Crippen molar-refractivity contribution < 1.29 is 13.9 Å². The molecule has 7 nitrogen and oxygen atoms in total. The molecule has 0 aliphatic rings. The second-order valence-electron chi connectivity index (χ2n) is 5.55. The molecule has 0 spiro atoms. The molecule has 0 aliphatic heterocycles. The summed E-state index contributed by atoms with van der Waals surface area (Å²) in [6.45, 7) is 0.380. The zero-order chi connectivity index (χ0) is 18.4. The number of halogens is 1. The van der Waals surface area contributed by atoms with Gasteiger partial charge in [-0.1, -0.05) is 29.5 Å². The van der Waals surface area contributed by atoms with Crippen molar-refractivity contribution in [3.05, 3.63) is 64.7 Å². The highest BCUT2D eigenvalue weighted by Gasteiger charge is 2.09. The maximum Gasteiger partial charge on any atom is 0.278 e. The molecule has 8 heteroatoms. The maximum absolute atomic E-state index is 13.4. The Hall–Kier alpha value is -3.29. The van der Waals surface area contributed by atoms with Gasteiger partial charge in [0.2, 0.25) is 5.91 Å². The Morgan fingerprint density at radius 2 is 1.92 bits per heavy atom. The van der Waals surface area contributed by atoms with Crippen LogP contribution >= 0.6 is 0 Å². The van der Waals surface area contributed by atoms with Crippen molar-refractivity contribution >= 4 is 16.8 Å². The summed E-state index contributed by atoms with van der Waals surface area (Å²) < 4.78 is 19.7. The van der Waals surface area contributed by atoms with Crippen LogP contribution in [0.4, 0.5) is 4.39 Å². The van der Waals surface area contributed by atoms with Crippen LogP contribution in [0.2, 0.25) is 0 Å². The first-order chi connectivity index (χ1) is 12.6. The highest BCUT2D eigenvalue weighted by Crippen LogP contribution is 2.15. The number of carbonyl (C=O) groups is 1. The van der Waals surface area contributed by atoms with Crippen molar-refractivity contribution in [1.82, 2.24) is 20.3 Å². The van der Waals surface area contributed by atoms with Gasteiger partial charge in [0.15, 0.2) is 11.6 Å². The van der Waals surface area contributed by atoms with Gasteiger partial charge in [0.05, 0.1) is 12.0 Å². The third kappa shape index (κ3) is 4.21. The Morgan fingerprint density at radius 3 is 2.77 bits per heavy atom. The number of amides is 1. The average molecular weight is 356 g/mol. The first-order valence-corrected chi connectivity index (χ1v) is 8.12. The Balaban J connectivity index is 1.47. The minimum absolute atomic E-state index is 0.178. The molecule has 1 heterocycles. The lowest BCUT2D eigenvalue weighted by Gasteiger charge is -2.08. The lowest BCUT2D eigenvalue weighted by Crippen LogP contribution is -2.35. The number of carbonyl (C=O) groups excluding carboxylic acids is 1. The lowest BCUT2D eigenvalue weighted by atomic mass is 10.2. The van der Waals surface area contributed by atoms with Crippen molar-refractivity contribution in [2.45, 2.75) is 13.0 Å². The van der Waals surface area contributed by atoms with Gasteiger partial charge in [-0.15, -0.1) is 5.10 Å². The topological polar surface area (TPSA) is 86.1 Å². The molecule has 1 aromatic heterocycles. The van der Waals surface area contributed by atoms with Gasteiger partial charge < -0.3 is 10.1 Å². The fourth-order valence-electron chi connectivity index (χ4n) is 2.36. The summed E-state index contributed by atoms with van der Waals surface area (Å²) in [5.41, 5.74) is 0.119. The third-order valence-corrected chi connectivity index (χ3v) is 3.66. The molecule has 0 bridgehead atoms. The van der Waals surface area contributed by atoms with Crippen LogP contribution in [0.15, 0.2) is 53.3 Å². The SMILES string of the molecule is O=C(Cn1nnc2ccccc2c1=O)NCCCOc1ccccc1F. The van der Waals surface area contributed by atoms with E-state index < -0.39 is 5.82 Å². The molecule has 1 N–H and O–H groups in total. The van der Waals surface area contributed by atoms with Crippen LogP contribution in [-0.4, -0.2) is 34.1 Å². The number of fused-ring (bicyclic) bond motifs is 1. The van der Waals surface area contributed by atoms with Gasteiger partial charge >= 0.3 is 0 Å². The molecule has 0 saturated heterocycles. The summed E-state index contributed by atoms with van der Waals surface area (Å²) in [5.74, 6) is -0.606. The van der Waals surface area contributed by atoms with E-state index in [0.717, 1.165) is 4.68 Å². The van der Waals surface area contributed by atoms with Crippen LogP contribution in [0.5, 0.6) is 5.75 Å². The van der Waals surface area contributed by atoms with Crippen molar-refractivity contribution in [3.8, 4) is 5.75 Å². The van der Waals surface area contributed by atoms with Crippen molar-refractivity contribution in [3.63, 3.8) is 0 Å². The van der Waals surface area contributed by atoms with Crippen LogP contribution in [0.3, 0.4) is 0 Å². The summed E-state index contributed by atoms with van der Waals surface area (Å²) in [4.78, 5) is 24.2. The zero-order valence-corrected chi connectivity index (χ0v) is 13.9. The number of rotatable bonds is 7. The van der Waals surface area contributed by atoms with Crippen LogP contribution in [-0.2, 0) is 11.3 Å². The smallest absolute Gasteiger partial charge is 0.278 e. The van der Waals surface area contributed by atoms with Gasteiger partial charge in [-0.3, -0.25) is 9.59 Å². The molecule has 2 aromatic carbocycles. The molecule has 0 radical (unpaired) electrons. The predicted octanol–water partition coefficient (Wildman–Crippen LogP) is 1.52. The van der Waals surface area contributed by atoms with E-state index in [1.54, 1.807) is 42.5 Å². The Labute approximate surface area is 148 Å². The minimum atomic E-state index is -0.425. The molecule has 1 amide bonds. The number of benzene rings is 2. The molecule has 0 atom stereocenters. The maximum atomic E-state index is 13.4. The molecule has 26 heavy (non-hydrogen) atoms. The monoisotopic (exact) mass is 356 g/mol. The highest BCUT2D eigenvalue weighted by molar-refractivity contribution is 5.78. The van der Waals surface area contributed by atoms with E-state index in [1.165, 1.54) is 6.07 Å². The lowest BCUT2D eigenvalue weighted by molar-refractivity contribution is -0.121. The standard InChI is InChI=1S/C18H17FN4O3/c19-14-7-2-4-9-16(14)26-11-5-10-20-17(24)12-23-18(25)13-6-1-3-8-15(13)21-22-23/h1-4,6-9H,5,10-12H2,(H,20,24). The van der Waals surface area contributed by atoms with Gasteiger partial charge in [-0.2, -0.15) is 0 Å². The van der Waals surface area contributed by atoms with E-state index in [4.69, 9.17) is 4.74 Å². The largest absolute Gasteiger partial charge is 0.490 e. The summed E-state index contributed by atoms with van der Waals surface area (Å²) in [6, 6.07) is 12.9. The van der Waals surface area contributed by atoms with Gasteiger partial charge in [0.25, 0.3) is 5.56 Å². The summed E-state index contributed by atoms with van der Waals surface area (Å²) in [6.07, 6.45) is 0.498. The number of aromatic nitrogens is 3. The van der Waals surface area contributed by atoms with Crippen LogP contribution in [0, 0.1) is 5.82 Å². The first-order valence-electron chi connectivity index (χ1n) is 8.12. The van der Waals surface area contributed by atoms with Gasteiger partial charge in [0.1, 0.15) is 12.1 Å². The molecular formula is C18H17FN4O3. The second kappa shape index (κ2) is 8.19. The summed E-state index contributed by atoms with van der Waals surface area (Å²) in [5, 5.41) is 10.8. The van der Waals surface area contributed by atoms with E-state index in [9.17, 15) is 14.0 Å². The fraction of sp³-hybridized carbons (Fsp3) is 0.222. The number of ether oxygens (including phenoxy) is 1. The summed E-state index contributed by atoms with van der Waals surface area (Å²) in [7, 11) is 0. The van der Waals surface area contributed by atoms with E-state index in [2.05, 4.69) is 15.6 Å². The molecule has 3 aromatic rings. The molecule has 0 saturated carbocycles. The van der Waals surface area contributed by atoms with E-state index >= 15 is 0 Å². The zero-order valence-electron chi connectivity index (χ0n) is 13.9. The molecule has 0 fully saturated rings. The first kappa shape index (κ1) is 17.5. The Kier molecular flexibility index (Phi) is 5.52. The highest BCUT2D eigenvalue weighted by atomic mass is 19.1. The van der Waals surface area contributed by atoms with Crippen LogP contribution in [0.25, 0.3) is 10.9 Å². The number of nitrogens with one attached hydrogen (secondary N) is 1. The third-order valence-electron chi connectivity index (χ3n) is 3.66. The molecule has 134 valence electrons. The van der Waals surface area contributed by atoms with Gasteiger partial charge in [-0.05, 0) is 30.7 Å². The van der Waals surface area contributed by atoms with Crippen LogP contribution in [0.1, 0.15) is 6.42 Å². The molecule has 0 aliphatic carbocycles. The molecule has 3 rings (SSSR count). The minimum Gasteiger partial charge on any atom is -0.490 e. The van der Waals surface area contributed by atoms with E-state index in [0.29, 0.717) is 23.9 Å². The van der Waals surface area contributed by atoms with Crippen LogP contribution < -0.4 is 15.6 Å². The van der Waals surface area contributed by atoms with Crippen molar-refractivity contribution in [1.29, 1.82) is 0 Å². The average Bonchev–Trinajstić information content (AvgIpc) is 2.65. The van der Waals surface area contributed by atoms with E-state index in [-0.39, 0.29) is 30.4 Å². The second-order valence-corrected chi connectivity index (χ2v) is 5.55. The van der Waals surface area contributed by atoms with Gasteiger partial charge in [-0.25, -0.2) is 9.07 Å². The van der Waals surface area contributed by atoms with E-state index in [1.807, 2.05) is 0 Å². The molecule has 0 unspecified atom stereocenters. The number of hydrogen-bond acceptors (Lipinski definition) is 5. The Bertz CT molecular complexity index is 974. The fourth-order valence-corrected chi connectivity index (χ4v) is 2.36. The van der Waals surface area contributed by atoms with Crippen molar-refractivity contribution in [2.75, 3.05) is 13.2 Å².